The zero-order valence-electron chi connectivity index (χ0n) is 11.5. The zero-order chi connectivity index (χ0) is 13.8. The fourth-order valence-corrected chi connectivity index (χ4v) is 2.44. The molecule has 5 heteroatoms. The molecule has 106 valence electrons. The highest BCUT2D eigenvalue weighted by Gasteiger charge is 2.18. The second-order valence-corrected chi connectivity index (χ2v) is 5.18. The summed E-state index contributed by atoms with van der Waals surface area (Å²) in [6.45, 7) is 4.20. The molecule has 0 aromatic carbocycles. The van der Waals surface area contributed by atoms with Crippen LogP contribution in [0.2, 0.25) is 0 Å². The number of ether oxygens (including phenoxy) is 1. The maximum absolute atomic E-state index is 10.8. The Labute approximate surface area is 113 Å². The number of furan rings is 1. The van der Waals surface area contributed by atoms with Crippen LogP contribution >= 0.6 is 0 Å². The smallest absolute Gasteiger partial charge is 0.371 e. The monoisotopic (exact) mass is 267 g/mol. The number of aromatic carboxylic acids is 1. The average Bonchev–Trinajstić information content (AvgIpc) is 2.72. The molecule has 0 bridgehead atoms. The molecule has 2 heterocycles. The first-order chi connectivity index (χ1) is 9.06. The van der Waals surface area contributed by atoms with Crippen molar-refractivity contribution >= 4 is 5.97 Å². The van der Waals surface area contributed by atoms with Crippen LogP contribution in [0.4, 0.5) is 0 Å². The predicted octanol–water partition coefficient (Wildman–Crippen LogP) is 2.29. The standard InChI is InChI=1S/C14H21NO4/c1-10-11(7-13(19-10)14(16)17)8-15(2)9-12-5-3-4-6-18-12/h7,12H,3-6,8-9H2,1-2H3,(H,16,17). The van der Waals surface area contributed by atoms with Gasteiger partial charge in [0.1, 0.15) is 5.76 Å². The van der Waals surface area contributed by atoms with Gasteiger partial charge >= 0.3 is 5.97 Å². The van der Waals surface area contributed by atoms with Crippen LogP contribution in [0.3, 0.4) is 0 Å². The van der Waals surface area contributed by atoms with Gasteiger partial charge in [-0.1, -0.05) is 0 Å². The Kier molecular flexibility index (Phi) is 4.61. The summed E-state index contributed by atoms with van der Waals surface area (Å²) < 4.78 is 10.9. The molecule has 1 N–H and O–H groups in total. The molecule has 2 rings (SSSR count). The van der Waals surface area contributed by atoms with Crippen molar-refractivity contribution in [3.63, 3.8) is 0 Å². The number of aryl methyl sites for hydroxylation is 1. The van der Waals surface area contributed by atoms with Gasteiger partial charge in [-0.15, -0.1) is 0 Å². The van der Waals surface area contributed by atoms with Crippen LogP contribution in [0.25, 0.3) is 0 Å². The Morgan fingerprint density at radius 3 is 2.89 bits per heavy atom. The van der Waals surface area contributed by atoms with Gasteiger partial charge in [0.15, 0.2) is 0 Å². The number of carbonyl (C=O) groups is 1. The number of likely N-dealkylation sites (N-methyl/N-ethyl adjacent to an activating group) is 1. The highest BCUT2D eigenvalue weighted by Crippen LogP contribution is 2.18. The number of carboxylic acid groups (broad SMARTS) is 1. The van der Waals surface area contributed by atoms with Crippen LogP contribution in [0, 0.1) is 6.92 Å². The van der Waals surface area contributed by atoms with Gasteiger partial charge in [0.25, 0.3) is 0 Å². The summed E-state index contributed by atoms with van der Waals surface area (Å²) in [4.78, 5) is 13.0. The van der Waals surface area contributed by atoms with E-state index in [1.807, 2.05) is 7.05 Å². The van der Waals surface area contributed by atoms with E-state index >= 15 is 0 Å². The van der Waals surface area contributed by atoms with E-state index in [0.29, 0.717) is 18.4 Å². The van der Waals surface area contributed by atoms with Gasteiger partial charge in [-0.3, -0.25) is 4.90 Å². The fourth-order valence-electron chi connectivity index (χ4n) is 2.44. The quantitative estimate of drug-likeness (QED) is 0.886. The third kappa shape index (κ3) is 3.81. The third-order valence-electron chi connectivity index (χ3n) is 3.46. The van der Waals surface area contributed by atoms with Crippen molar-refractivity contribution in [2.75, 3.05) is 20.2 Å². The Balaban J connectivity index is 1.90. The minimum atomic E-state index is -1.02. The number of hydrogen-bond acceptors (Lipinski definition) is 4. The van der Waals surface area contributed by atoms with E-state index in [0.717, 1.165) is 31.6 Å². The van der Waals surface area contributed by atoms with Gasteiger partial charge in [-0.25, -0.2) is 4.79 Å². The molecule has 19 heavy (non-hydrogen) atoms. The first-order valence-electron chi connectivity index (χ1n) is 6.69. The molecule has 0 spiro atoms. The van der Waals surface area contributed by atoms with E-state index in [9.17, 15) is 4.79 Å². The molecule has 1 atom stereocenters. The zero-order valence-corrected chi connectivity index (χ0v) is 11.5. The molecule has 1 saturated heterocycles. The number of nitrogens with zero attached hydrogens (tertiary/aromatic N) is 1. The highest BCUT2D eigenvalue weighted by atomic mass is 16.5. The maximum atomic E-state index is 10.8. The topological polar surface area (TPSA) is 62.9 Å². The predicted molar refractivity (Wildman–Crippen MR) is 70.3 cm³/mol. The maximum Gasteiger partial charge on any atom is 0.371 e. The molecule has 0 radical (unpaired) electrons. The lowest BCUT2D eigenvalue weighted by atomic mass is 10.1. The van der Waals surface area contributed by atoms with E-state index in [1.54, 1.807) is 13.0 Å². The number of rotatable bonds is 5. The van der Waals surface area contributed by atoms with E-state index < -0.39 is 5.97 Å². The lowest BCUT2D eigenvalue weighted by Crippen LogP contribution is -2.33. The highest BCUT2D eigenvalue weighted by molar-refractivity contribution is 5.84. The van der Waals surface area contributed by atoms with Crippen LogP contribution < -0.4 is 0 Å². The minimum Gasteiger partial charge on any atom is -0.475 e. The van der Waals surface area contributed by atoms with Crippen molar-refractivity contribution < 1.29 is 19.1 Å². The van der Waals surface area contributed by atoms with Crippen molar-refractivity contribution in [2.24, 2.45) is 0 Å². The van der Waals surface area contributed by atoms with Crippen molar-refractivity contribution in [1.29, 1.82) is 0 Å². The van der Waals surface area contributed by atoms with Crippen molar-refractivity contribution in [3.05, 3.63) is 23.2 Å². The average molecular weight is 267 g/mol. The summed E-state index contributed by atoms with van der Waals surface area (Å²) in [7, 11) is 2.02. The van der Waals surface area contributed by atoms with Crippen LogP contribution in [0.1, 0.15) is 41.1 Å². The van der Waals surface area contributed by atoms with Crippen LogP contribution in [-0.4, -0.2) is 42.3 Å². The van der Waals surface area contributed by atoms with E-state index in [2.05, 4.69) is 4.90 Å². The Morgan fingerprint density at radius 1 is 1.53 bits per heavy atom. The van der Waals surface area contributed by atoms with Crippen LogP contribution in [0.15, 0.2) is 10.5 Å². The molecule has 1 aliphatic heterocycles. The Bertz CT molecular complexity index is 435. The first-order valence-corrected chi connectivity index (χ1v) is 6.69. The third-order valence-corrected chi connectivity index (χ3v) is 3.46. The molecule has 1 aliphatic rings. The molecular weight excluding hydrogens is 246 g/mol. The van der Waals surface area contributed by atoms with Crippen molar-refractivity contribution in [3.8, 4) is 0 Å². The Hall–Kier alpha value is -1.33. The second-order valence-electron chi connectivity index (χ2n) is 5.18. The van der Waals surface area contributed by atoms with Gasteiger partial charge in [0.2, 0.25) is 5.76 Å². The molecule has 1 aromatic rings. The largest absolute Gasteiger partial charge is 0.475 e. The lowest BCUT2D eigenvalue weighted by molar-refractivity contribution is -0.00264. The summed E-state index contributed by atoms with van der Waals surface area (Å²) >= 11 is 0. The van der Waals surface area contributed by atoms with Gasteiger partial charge in [0.05, 0.1) is 6.10 Å². The summed E-state index contributed by atoms with van der Waals surface area (Å²) in [6.07, 6.45) is 3.79. The normalized spacial score (nSPS) is 19.8. The SMILES string of the molecule is Cc1oc(C(=O)O)cc1CN(C)CC1CCCCO1. The molecule has 0 saturated carbocycles. The first kappa shape index (κ1) is 14.1. The van der Waals surface area contributed by atoms with Gasteiger partial charge in [0, 0.05) is 25.3 Å². The summed E-state index contributed by atoms with van der Waals surface area (Å²) in [5.41, 5.74) is 0.927. The molecule has 1 unspecified atom stereocenters. The van der Waals surface area contributed by atoms with Crippen molar-refractivity contribution in [1.82, 2.24) is 4.90 Å². The Morgan fingerprint density at radius 2 is 2.32 bits per heavy atom. The number of carboxylic acids is 1. The van der Waals surface area contributed by atoms with Gasteiger partial charge in [-0.2, -0.15) is 0 Å². The van der Waals surface area contributed by atoms with Crippen LogP contribution in [0.5, 0.6) is 0 Å². The summed E-state index contributed by atoms with van der Waals surface area (Å²) in [5.74, 6) is -0.337. The fraction of sp³-hybridized carbons (Fsp3) is 0.643. The molecule has 0 aliphatic carbocycles. The number of hydrogen-bond donors (Lipinski definition) is 1. The van der Waals surface area contributed by atoms with E-state index in [4.69, 9.17) is 14.3 Å². The molecule has 1 aromatic heterocycles. The van der Waals surface area contributed by atoms with E-state index in [-0.39, 0.29) is 5.76 Å². The molecular formula is C14H21NO4. The van der Waals surface area contributed by atoms with Crippen molar-refractivity contribution in [2.45, 2.75) is 38.8 Å². The van der Waals surface area contributed by atoms with Gasteiger partial charge < -0.3 is 14.3 Å². The minimum absolute atomic E-state index is 0.00909. The van der Waals surface area contributed by atoms with Crippen LogP contribution in [-0.2, 0) is 11.3 Å². The molecule has 1 fully saturated rings. The summed E-state index contributed by atoms with van der Waals surface area (Å²) in [6, 6.07) is 1.61. The molecule has 5 nitrogen and oxygen atoms in total. The molecule has 0 amide bonds. The summed E-state index contributed by atoms with van der Waals surface area (Å²) in [5, 5.41) is 8.89. The van der Waals surface area contributed by atoms with E-state index in [1.165, 1.54) is 6.42 Å². The van der Waals surface area contributed by atoms with Gasteiger partial charge in [-0.05, 0) is 39.3 Å². The second kappa shape index (κ2) is 6.21. The lowest BCUT2D eigenvalue weighted by Gasteiger charge is -2.27.